The van der Waals surface area contributed by atoms with E-state index in [-0.39, 0.29) is 18.0 Å². The Kier molecular flexibility index (Phi) is 6.00. The molecular weight excluding hydrogens is 430 g/mol. The number of hydrogen-bond donors (Lipinski definition) is 2. The number of benzene rings is 2. The number of likely N-dealkylation sites (tertiary alicyclic amines) is 1. The number of carbonyl (C=O) groups is 2. The lowest BCUT2D eigenvalue weighted by atomic mass is 9.89. The Morgan fingerprint density at radius 3 is 2.38 bits per heavy atom. The molecule has 178 valence electrons. The number of nitrogens with one attached hydrogen (secondary N) is 2. The minimum absolute atomic E-state index is 0.230. The number of carbonyl (C=O) groups excluding carboxylic acids is 2. The number of aromatic nitrogens is 2. The quantitative estimate of drug-likeness (QED) is 0.571. The van der Waals surface area contributed by atoms with Gasteiger partial charge in [-0.3, -0.25) is 28.9 Å². The van der Waals surface area contributed by atoms with Gasteiger partial charge in [0.2, 0.25) is 11.8 Å². The average molecular weight is 462 g/mol. The maximum absolute atomic E-state index is 13.0. The molecule has 1 atom stereocenters. The van der Waals surface area contributed by atoms with Crippen molar-refractivity contribution in [3.8, 4) is 0 Å². The van der Waals surface area contributed by atoms with Gasteiger partial charge in [-0.1, -0.05) is 18.2 Å². The summed E-state index contributed by atoms with van der Waals surface area (Å²) in [5, 5.41) is 5.53. The third-order valence-corrected chi connectivity index (χ3v) is 7.34. The fraction of sp³-hybridized carbons (Fsp3) is 0.423. The van der Waals surface area contributed by atoms with Gasteiger partial charge in [0, 0.05) is 32.7 Å². The van der Waals surface area contributed by atoms with Gasteiger partial charge in [0.05, 0.1) is 11.0 Å². The molecule has 1 unspecified atom stereocenters. The second-order valence-electron chi connectivity index (χ2n) is 9.42. The molecule has 0 aliphatic carbocycles. The molecule has 2 N–H and O–H groups in total. The Morgan fingerprint density at radius 1 is 0.971 bits per heavy atom. The van der Waals surface area contributed by atoms with Gasteiger partial charge in [0.25, 0.3) is 0 Å². The minimum atomic E-state index is -0.652. The summed E-state index contributed by atoms with van der Waals surface area (Å²) < 4.78 is 3.13. The van der Waals surface area contributed by atoms with E-state index < -0.39 is 11.9 Å². The molecule has 0 radical (unpaired) electrons. The summed E-state index contributed by atoms with van der Waals surface area (Å²) in [4.78, 5) is 39.4. The first-order valence-corrected chi connectivity index (χ1v) is 12.0. The lowest BCUT2D eigenvalue weighted by Crippen LogP contribution is -2.44. The third kappa shape index (κ3) is 4.14. The zero-order valence-corrected chi connectivity index (χ0v) is 19.7. The molecule has 8 heteroatoms. The number of amides is 2. The van der Waals surface area contributed by atoms with E-state index in [2.05, 4.69) is 45.9 Å². The number of aryl methyl sites for hydroxylation is 1. The Morgan fingerprint density at radius 2 is 1.71 bits per heavy atom. The minimum Gasteiger partial charge on any atom is -0.388 e. The molecule has 34 heavy (non-hydrogen) atoms. The molecule has 2 aromatic carbocycles. The van der Waals surface area contributed by atoms with E-state index in [1.54, 1.807) is 11.6 Å². The van der Waals surface area contributed by atoms with Crippen LogP contribution in [0.4, 0.5) is 5.69 Å². The number of piperidine rings is 2. The van der Waals surface area contributed by atoms with Crippen LogP contribution in [0.15, 0.2) is 47.3 Å². The van der Waals surface area contributed by atoms with Crippen molar-refractivity contribution < 1.29 is 9.59 Å². The molecular formula is C26H31N5O3. The summed E-state index contributed by atoms with van der Waals surface area (Å²) >= 11 is 0. The van der Waals surface area contributed by atoms with Crippen molar-refractivity contribution in [2.75, 3.05) is 25.5 Å². The van der Waals surface area contributed by atoms with Gasteiger partial charge < -0.3 is 5.32 Å². The number of imidazole rings is 1. The van der Waals surface area contributed by atoms with Crippen molar-refractivity contribution in [3.63, 3.8) is 0 Å². The van der Waals surface area contributed by atoms with Crippen LogP contribution in [0.25, 0.3) is 11.0 Å². The Hall–Kier alpha value is -3.39. The summed E-state index contributed by atoms with van der Waals surface area (Å²) in [7, 11) is 3.67. The van der Waals surface area contributed by atoms with Gasteiger partial charge in [-0.05, 0) is 73.7 Å². The highest BCUT2D eigenvalue weighted by atomic mass is 16.2. The van der Waals surface area contributed by atoms with Crippen molar-refractivity contribution in [2.45, 2.75) is 44.2 Å². The highest BCUT2D eigenvalue weighted by Crippen LogP contribution is 2.30. The molecule has 2 saturated heterocycles. The SMILES string of the molecule is CNc1ccc(C2CCN(Cc3ccc4c(c3)n(C)c(=O)n4C3CCC(=O)NC3=O)CC2)cc1. The van der Waals surface area contributed by atoms with Gasteiger partial charge >= 0.3 is 5.69 Å². The normalized spacial score (nSPS) is 20.0. The number of nitrogens with zero attached hydrogens (tertiary/aromatic N) is 3. The number of fused-ring (bicyclic) bond motifs is 1. The van der Waals surface area contributed by atoms with Crippen molar-refractivity contribution >= 4 is 28.5 Å². The Labute approximate surface area is 198 Å². The summed E-state index contributed by atoms with van der Waals surface area (Å²) in [6, 6.07) is 14.1. The van der Waals surface area contributed by atoms with Gasteiger partial charge in [0.1, 0.15) is 6.04 Å². The molecule has 1 aromatic heterocycles. The van der Waals surface area contributed by atoms with E-state index in [1.165, 1.54) is 10.1 Å². The molecule has 0 spiro atoms. The second-order valence-corrected chi connectivity index (χ2v) is 9.42. The molecule has 3 heterocycles. The summed E-state index contributed by atoms with van der Waals surface area (Å²) in [5.41, 5.74) is 5.01. The molecule has 8 nitrogen and oxygen atoms in total. The summed E-state index contributed by atoms with van der Waals surface area (Å²) in [6.45, 7) is 2.90. The predicted molar refractivity (Wildman–Crippen MR) is 132 cm³/mol. The average Bonchev–Trinajstić information content (AvgIpc) is 3.09. The van der Waals surface area contributed by atoms with E-state index in [0.29, 0.717) is 12.3 Å². The first-order valence-electron chi connectivity index (χ1n) is 12.0. The highest BCUT2D eigenvalue weighted by molar-refractivity contribution is 6.00. The Bertz CT molecular complexity index is 1280. The van der Waals surface area contributed by atoms with Crippen LogP contribution in [0.3, 0.4) is 0 Å². The van der Waals surface area contributed by atoms with Crippen LogP contribution >= 0.6 is 0 Å². The van der Waals surface area contributed by atoms with E-state index in [1.807, 2.05) is 19.2 Å². The first-order chi connectivity index (χ1) is 16.4. The number of imide groups is 1. The number of hydrogen-bond acceptors (Lipinski definition) is 5. The van der Waals surface area contributed by atoms with Crippen LogP contribution in [0, 0.1) is 0 Å². The lowest BCUT2D eigenvalue weighted by Gasteiger charge is -2.32. The number of anilines is 1. The fourth-order valence-electron chi connectivity index (χ4n) is 5.34. The zero-order chi connectivity index (χ0) is 23.8. The lowest BCUT2D eigenvalue weighted by molar-refractivity contribution is -0.135. The van der Waals surface area contributed by atoms with Crippen LogP contribution in [0.5, 0.6) is 0 Å². The Balaban J connectivity index is 1.30. The van der Waals surface area contributed by atoms with Crippen molar-refractivity contribution in [3.05, 3.63) is 64.1 Å². The first kappa shape index (κ1) is 22.4. The molecule has 3 aromatic rings. The topological polar surface area (TPSA) is 88.4 Å². The standard InChI is InChI=1S/C26H31N5O3/c1-27-20-6-4-18(5-7-20)19-11-13-30(14-12-19)16-17-3-8-21-23(15-17)29(2)26(34)31(21)22-9-10-24(32)28-25(22)33/h3-8,15,19,22,27H,9-14,16H2,1-2H3,(H,28,32,33). The third-order valence-electron chi connectivity index (χ3n) is 7.34. The molecule has 2 aliphatic rings. The van der Waals surface area contributed by atoms with Crippen molar-refractivity contribution in [1.29, 1.82) is 0 Å². The largest absolute Gasteiger partial charge is 0.388 e. The van der Waals surface area contributed by atoms with Crippen molar-refractivity contribution in [2.24, 2.45) is 7.05 Å². The van der Waals surface area contributed by atoms with Crippen molar-refractivity contribution in [1.82, 2.24) is 19.4 Å². The van der Waals surface area contributed by atoms with Crippen LogP contribution in [0.2, 0.25) is 0 Å². The maximum Gasteiger partial charge on any atom is 0.329 e. The molecule has 2 amide bonds. The van der Waals surface area contributed by atoms with Crippen LogP contribution in [0.1, 0.15) is 48.8 Å². The van der Waals surface area contributed by atoms with Gasteiger partial charge in [-0.25, -0.2) is 4.79 Å². The molecule has 0 bridgehead atoms. The maximum atomic E-state index is 13.0. The van der Waals surface area contributed by atoms with E-state index in [9.17, 15) is 14.4 Å². The van der Waals surface area contributed by atoms with Crippen LogP contribution in [-0.2, 0) is 23.2 Å². The van der Waals surface area contributed by atoms with Gasteiger partial charge in [-0.2, -0.15) is 0 Å². The predicted octanol–water partition coefficient (Wildman–Crippen LogP) is 2.74. The second kappa shape index (κ2) is 9.10. The number of rotatable bonds is 5. The van der Waals surface area contributed by atoms with Crippen LogP contribution < -0.4 is 16.3 Å². The summed E-state index contributed by atoms with van der Waals surface area (Å²) in [6.07, 6.45) is 2.85. The fourth-order valence-corrected chi connectivity index (χ4v) is 5.34. The summed E-state index contributed by atoms with van der Waals surface area (Å²) in [5.74, 6) is -0.0954. The molecule has 0 saturated carbocycles. The smallest absolute Gasteiger partial charge is 0.329 e. The van der Waals surface area contributed by atoms with Gasteiger partial charge in [0.15, 0.2) is 0 Å². The van der Waals surface area contributed by atoms with E-state index in [4.69, 9.17) is 0 Å². The van der Waals surface area contributed by atoms with Gasteiger partial charge in [-0.15, -0.1) is 0 Å². The van der Waals surface area contributed by atoms with E-state index >= 15 is 0 Å². The molecule has 5 rings (SSSR count). The highest BCUT2D eigenvalue weighted by Gasteiger charge is 2.31. The van der Waals surface area contributed by atoms with Crippen LogP contribution in [-0.4, -0.2) is 46.0 Å². The molecule has 2 aliphatic heterocycles. The van der Waals surface area contributed by atoms with E-state index in [0.717, 1.165) is 54.8 Å². The zero-order valence-electron chi connectivity index (χ0n) is 19.7. The molecule has 2 fully saturated rings. The monoisotopic (exact) mass is 461 g/mol.